The van der Waals surface area contributed by atoms with E-state index >= 15 is 0 Å². The van der Waals surface area contributed by atoms with Crippen molar-refractivity contribution in [1.82, 2.24) is 34.3 Å². The minimum absolute atomic E-state index is 0.00810. The largest absolute Gasteiger partial charge is 0.415 e. The van der Waals surface area contributed by atoms with Gasteiger partial charge in [-0.25, -0.2) is 18.2 Å². The van der Waals surface area contributed by atoms with Gasteiger partial charge in [-0.2, -0.15) is 4.31 Å². The van der Waals surface area contributed by atoms with Gasteiger partial charge in [0.05, 0.1) is 30.5 Å². The van der Waals surface area contributed by atoms with Crippen molar-refractivity contribution in [2.75, 3.05) is 32.7 Å². The molecule has 2 atom stereocenters. The first kappa shape index (κ1) is 36.3. The van der Waals surface area contributed by atoms with Crippen LogP contribution >= 0.6 is 22.9 Å². The monoisotopic (exact) mass is 745 g/mol. The number of carbonyl (C=O) groups excluding carboxylic acids is 3. The summed E-state index contributed by atoms with van der Waals surface area (Å²) in [6.07, 6.45) is 8.43. The third kappa shape index (κ3) is 8.51. The number of amides is 3. The van der Waals surface area contributed by atoms with Crippen molar-refractivity contribution in [1.29, 1.82) is 0 Å². The summed E-state index contributed by atoms with van der Waals surface area (Å²) in [6, 6.07) is 9.06. The van der Waals surface area contributed by atoms with E-state index in [2.05, 4.69) is 15.6 Å². The van der Waals surface area contributed by atoms with Crippen LogP contribution in [0.2, 0.25) is 5.02 Å². The van der Waals surface area contributed by atoms with Gasteiger partial charge in [0.1, 0.15) is 6.04 Å². The van der Waals surface area contributed by atoms with E-state index in [0.717, 1.165) is 37.0 Å². The maximum atomic E-state index is 14.7. The summed E-state index contributed by atoms with van der Waals surface area (Å²) in [5.41, 5.74) is 0. The summed E-state index contributed by atoms with van der Waals surface area (Å²) in [7, 11) is -2.04. The van der Waals surface area contributed by atoms with Gasteiger partial charge in [-0.3, -0.25) is 9.59 Å². The van der Waals surface area contributed by atoms with Crippen molar-refractivity contribution in [3.05, 3.63) is 64.2 Å². The maximum Gasteiger partial charge on any atom is 0.415 e. The smallest absolute Gasteiger partial charge is 0.409 e. The number of piperidine rings is 1. The van der Waals surface area contributed by atoms with Crippen molar-refractivity contribution < 1.29 is 27.5 Å². The summed E-state index contributed by atoms with van der Waals surface area (Å²) in [5, 5.41) is 8.87. The third-order valence-corrected chi connectivity index (χ3v) is 12.8. The number of piperazine rings is 1. The Morgan fingerprint density at radius 2 is 1.78 bits per heavy atom. The molecule has 3 fully saturated rings. The number of para-hydroxylation sites is 1. The number of aryl methyl sites for hydroxylation is 1. The van der Waals surface area contributed by atoms with Crippen LogP contribution < -0.4 is 15.4 Å². The molecule has 13 nitrogen and oxygen atoms in total. The highest BCUT2D eigenvalue weighted by molar-refractivity contribution is 7.89. The van der Waals surface area contributed by atoms with E-state index in [-0.39, 0.29) is 72.3 Å². The SMILES string of the molecule is Cn1cnc(S(=O)(=O)N2CCC([C@@H](NC3CCCCC3)C(=O)N3CCN(C(=O)Oc4ccccc4Cl)C[C@H]3C(=O)NCc3cccs3)CC2)c1. The van der Waals surface area contributed by atoms with Crippen LogP contribution in [-0.4, -0.2) is 101 Å². The quantitative estimate of drug-likeness (QED) is 0.319. The molecular weight excluding hydrogens is 702 g/mol. The molecular formula is C34H44ClN7O6S2. The fourth-order valence-electron chi connectivity index (χ4n) is 7.04. The second kappa shape index (κ2) is 16.2. The molecule has 50 heavy (non-hydrogen) atoms. The van der Waals surface area contributed by atoms with E-state index in [0.29, 0.717) is 19.4 Å². The number of sulfonamides is 1. The van der Waals surface area contributed by atoms with Crippen LogP contribution in [0, 0.1) is 5.92 Å². The summed E-state index contributed by atoms with van der Waals surface area (Å²) in [4.78, 5) is 50.0. The fourth-order valence-corrected chi connectivity index (χ4v) is 9.30. The molecule has 270 valence electrons. The highest BCUT2D eigenvalue weighted by Gasteiger charge is 2.44. The van der Waals surface area contributed by atoms with Gasteiger partial charge in [-0.05, 0) is 55.2 Å². The lowest BCUT2D eigenvalue weighted by atomic mass is 9.86. The van der Waals surface area contributed by atoms with Crippen LogP contribution in [0.5, 0.6) is 5.75 Å². The molecule has 6 rings (SSSR count). The number of rotatable bonds is 10. The van der Waals surface area contributed by atoms with Gasteiger partial charge in [-0.1, -0.05) is 49.1 Å². The lowest BCUT2D eigenvalue weighted by Gasteiger charge is -2.44. The van der Waals surface area contributed by atoms with Gasteiger partial charge in [0.25, 0.3) is 10.0 Å². The minimum Gasteiger partial charge on any atom is -0.409 e. The van der Waals surface area contributed by atoms with Crippen LogP contribution in [0.3, 0.4) is 0 Å². The van der Waals surface area contributed by atoms with Gasteiger partial charge in [0.2, 0.25) is 11.8 Å². The van der Waals surface area contributed by atoms with Gasteiger partial charge >= 0.3 is 6.09 Å². The zero-order chi connectivity index (χ0) is 35.3. The Morgan fingerprint density at radius 3 is 2.46 bits per heavy atom. The van der Waals surface area contributed by atoms with Crippen molar-refractivity contribution in [3.63, 3.8) is 0 Å². The molecule has 16 heteroatoms. The number of hydrogen-bond acceptors (Lipinski definition) is 9. The predicted octanol–water partition coefficient (Wildman–Crippen LogP) is 3.85. The molecule has 0 radical (unpaired) electrons. The predicted molar refractivity (Wildman–Crippen MR) is 189 cm³/mol. The average molecular weight is 746 g/mol. The zero-order valence-electron chi connectivity index (χ0n) is 28.1. The Hall–Kier alpha value is -3.50. The van der Waals surface area contributed by atoms with Gasteiger partial charge in [0.15, 0.2) is 10.8 Å². The lowest BCUT2D eigenvalue weighted by Crippen LogP contribution is -2.66. The standard InChI is InChI=1S/C34H44ClN7O6S2/c1-39-22-30(37-23-39)50(46,47)41-15-13-24(14-16-41)31(38-25-8-3-2-4-9-25)33(44)42-18-17-40(34(45)48-29-12-6-5-11-27(29)35)21-28(42)32(43)36-20-26-10-7-19-49-26/h5-7,10-12,19,22-25,28,31,38H,2-4,8-9,13-18,20-21H2,1H3,(H,36,43)/t28-,31+/m0/s1. The van der Waals surface area contributed by atoms with Gasteiger partial charge in [-0.15, -0.1) is 11.3 Å². The molecule has 3 aromatic rings. The highest BCUT2D eigenvalue weighted by Crippen LogP contribution is 2.30. The fraction of sp³-hybridized carbons (Fsp3) is 0.529. The molecule has 2 saturated heterocycles. The van der Waals surface area contributed by atoms with Crippen molar-refractivity contribution in [2.45, 2.75) is 74.6 Å². The van der Waals surface area contributed by atoms with E-state index in [1.54, 1.807) is 40.8 Å². The number of carbonyl (C=O) groups is 3. The number of thiophene rings is 1. The number of nitrogens with one attached hydrogen (secondary N) is 2. The number of hydrogen-bond donors (Lipinski definition) is 2. The molecule has 2 N–H and O–H groups in total. The zero-order valence-corrected chi connectivity index (χ0v) is 30.5. The third-order valence-electron chi connectivity index (χ3n) is 9.82. The van der Waals surface area contributed by atoms with Crippen molar-refractivity contribution >= 4 is 50.9 Å². The second-order valence-corrected chi connectivity index (χ2v) is 16.5. The number of imidazole rings is 1. The normalized spacial score (nSPS) is 20.4. The van der Waals surface area contributed by atoms with Crippen LogP contribution in [0.4, 0.5) is 4.79 Å². The first-order valence-corrected chi connectivity index (χ1v) is 19.9. The van der Waals surface area contributed by atoms with E-state index in [1.807, 2.05) is 17.5 Å². The highest BCUT2D eigenvalue weighted by atomic mass is 35.5. The van der Waals surface area contributed by atoms with E-state index < -0.39 is 28.2 Å². The lowest BCUT2D eigenvalue weighted by molar-refractivity contribution is -0.146. The average Bonchev–Trinajstić information content (AvgIpc) is 3.83. The summed E-state index contributed by atoms with van der Waals surface area (Å²) >= 11 is 7.75. The Morgan fingerprint density at radius 1 is 1.02 bits per heavy atom. The Balaban J connectivity index is 1.21. The van der Waals surface area contributed by atoms with Crippen molar-refractivity contribution in [2.24, 2.45) is 13.0 Å². The van der Waals surface area contributed by atoms with E-state index in [1.165, 1.54) is 33.1 Å². The minimum atomic E-state index is -3.77. The first-order chi connectivity index (χ1) is 24.1. The van der Waals surface area contributed by atoms with E-state index in [4.69, 9.17) is 16.3 Å². The van der Waals surface area contributed by atoms with E-state index in [9.17, 15) is 22.8 Å². The molecule has 0 unspecified atom stereocenters. The van der Waals surface area contributed by atoms with Gasteiger partial charge in [0, 0.05) is 50.3 Å². The number of halogens is 1. The Bertz CT molecular complexity index is 1740. The first-order valence-electron chi connectivity index (χ1n) is 17.2. The molecule has 2 aromatic heterocycles. The van der Waals surface area contributed by atoms with Crippen LogP contribution in [0.25, 0.3) is 0 Å². The molecule has 0 bridgehead atoms. The molecule has 3 amide bonds. The Kier molecular flexibility index (Phi) is 11.8. The summed E-state index contributed by atoms with van der Waals surface area (Å²) in [5.74, 6) is -0.520. The number of benzene rings is 1. The summed E-state index contributed by atoms with van der Waals surface area (Å²) < 4.78 is 35.3. The number of nitrogens with zero attached hydrogens (tertiary/aromatic N) is 5. The summed E-state index contributed by atoms with van der Waals surface area (Å²) in [6.45, 7) is 1.05. The molecule has 1 saturated carbocycles. The maximum absolute atomic E-state index is 14.7. The number of ether oxygens (including phenoxy) is 1. The van der Waals surface area contributed by atoms with Crippen LogP contribution in [0.15, 0.2) is 59.3 Å². The van der Waals surface area contributed by atoms with Crippen LogP contribution in [-0.2, 0) is 33.2 Å². The topological polar surface area (TPSA) is 146 Å². The molecule has 3 aliphatic rings. The molecule has 1 aromatic carbocycles. The molecule has 4 heterocycles. The van der Waals surface area contributed by atoms with Crippen LogP contribution in [0.1, 0.15) is 49.8 Å². The van der Waals surface area contributed by atoms with Crippen molar-refractivity contribution in [3.8, 4) is 5.75 Å². The molecule has 1 aliphatic carbocycles. The van der Waals surface area contributed by atoms with Gasteiger partial charge < -0.3 is 29.7 Å². The second-order valence-electron chi connectivity index (χ2n) is 13.2. The Labute approximate surface area is 302 Å². The number of aromatic nitrogens is 2. The molecule has 0 spiro atoms. The molecule has 2 aliphatic heterocycles.